The van der Waals surface area contributed by atoms with Crippen LogP contribution in [0.3, 0.4) is 0 Å². The van der Waals surface area contributed by atoms with Gasteiger partial charge in [-0.2, -0.15) is 0 Å². The highest BCUT2D eigenvalue weighted by Crippen LogP contribution is 2.28. The second-order valence-electron chi connectivity index (χ2n) is 7.73. The van der Waals surface area contributed by atoms with E-state index in [4.69, 9.17) is 0 Å². The third-order valence-electron chi connectivity index (χ3n) is 5.76. The van der Waals surface area contributed by atoms with Crippen molar-refractivity contribution in [3.8, 4) is 0 Å². The van der Waals surface area contributed by atoms with Crippen molar-refractivity contribution >= 4 is 22.7 Å². The summed E-state index contributed by atoms with van der Waals surface area (Å²) in [5.41, 5.74) is -8.02. The molecule has 0 N–H and O–H groups in total. The van der Waals surface area contributed by atoms with Gasteiger partial charge in [-0.15, -0.1) is 16.4 Å². The molecule has 3 aromatic carbocycles. The van der Waals surface area contributed by atoms with Crippen molar-refractivity contribution in [2.45, 2.75) is 0 Å². The van der Waals surface area contributed by atoms with Crippen LogP contribution in [-0.4, -0.2) is 25.2 Å². The van der Waals surface area contributed by atoms with Crippen LogP contribution in [0.5, 0.6) is 0 Å². The molecule has 37 heavy (non-hydrogen) atoms. The average Bonchev–Trinajstić information content (AvgIpc) is 2.85. The van der Waals surface area contributed by atoms with E-state index in [9.17, 15) is 65.9 Å². The molecule has 200 valence electrons. The number of benzene rings is 3. The van der Waals surface area contributed by atoms with Gasteiger partial charge in [0, 0.05) is 0 Å². The van der Waals surface area contributed by atoms with Crippen molar-refractivity contribution in [1.82, 2.24) is 4.81 Å². The summed E-state index contributed by atoms with van der Waals surface area (Å²) >= 11 is 0. The Labute approximate surface area is 195 Å². The summed E-state index contributed by atoms with van der Waals surface area (Å²) in [6.45, 7) is 0. The molecule has 3 aromatic rings. The summed E-state index contributed by atoms with van der Waals surface area (Å²) in [4.78, 5) is -0.213. The molecule has 0 saturated heterocycles. The maximum atomic E-state index is 15.0. The van der Waals surface area contributed by atoms with Crippen LogP contribution in [0.25, 0.3) is 0 Å². The molecule has 0 saturated carbocycles. The van der Waals surface area contributed by atoms with Gasteiger partial charge in [-0.25, -0.2) is 65.9 Å². The first-order chi connectivity index (χ1) is 17.0. The van der Waals surface area contributed by atoms with Crippen LogP contribution in [-0.2, 0) is 0 Å². The second kappa shape index (κ2) is 9.18. The molecule has 0 heterocycles. The fraction of sp³-hybridized carbons (Fsp3) is 0.100. The Bertz CT molecular complexity index is 1210. The van der Waals surface area contributed by atoms with Gasteiger partial charge in [0.2, 0.25) is 0 Å². The maximum absolute atomic E-state index is 15.0. The van der Waals surface area contributed by atoms with Crippen molar-refractivity contribution in [2.75, 3.05) is 14.1 Å². The standard InChI is InChI=1S/C20H6BF15N/c1-37(2)21(3-6(22)12(28)18(34)13(29)7(3)23,4-8(24)14(30)19(35)15(31)9(4)25)5-10(26)16(32)20(36)17(33)11(5)27/h1-2H3/q-1. The van der Waals surface area contributed by atoms with Gasteiger partial charge in [0.05, 0.1) is 0 Å². The predicted octanol–water partition coefficient (Wildman–Crippen LogP) is 4.30. The van der Waals surface area contributed by atoms with Gasteiger partial charge in [0.25, 0.3) is 0 Å². The maximum Gasteiger partial charge on any atom is 0.200 e. The molecule has 0 aromatic heterocycles. The fourth-order valence-electron chi connectivity index (χ4n) is 4.17. The molecule has 0 radical (unpaired) electrons. The van der Waals surface area contributed by atoms with Crippen LogP contribution in [0.15, 0.2) is 0 Å². The molecule has 0 bridgehead atoms. The lowest BCUT2D eigenvalue weighted by Gasteiger charge is -2.49. The Kier molecular flexibility index (Phi) is 7.00. The number of nitrogens with zero attached hydrogens (tertiary/aromatic N) is 1. The van der Waals surface area contributed by atoms with E-state index in [2.05, 4.69) is 0 Å². The van der Waals surface area contributed by atoms with Gasteiger partial charge in [0.15, 0.2) is 58.6 Å². The fourth-order valence-corrected chi connectivity index (χ4v) is 4.17. The SMILES string of the molecule is CN(C)[B-](c1c(F)c(F)c(F)c(F)c1F)(c1c(F)c(F)c(F)c(F)c1F)c1c(F)c(F)c(F)c(F)c1F. The quantitative estimate of drug-likeness (QED) is 0.201. The number of hydrogen-bond donors (Lipinski definition) is 0. The van der Waals surface area contributed by atoms with E-state index < -0.39 is 110 Å². The van der Waals surface area contributed by atoms with Crippen LogP contribution in [0.4, 0.5) is 65.9 Å². The number of rotatable bonds is 4. The van der Waals surface area contributed by atoms with E-state index in [0.717, 1.165) is 0 Å². The van der Waals surface area contributed by atoms with Gasteiger partial charge >= 0.3 is 0 Å². The van der Waals surface area contributed by atoms with Gasteiger partial charge in [0.1, 0.15) is 34.9 Å². The Morgan fingerprint density at radius 2 is 0.432 bits per heavy atom. The van der Waals surface area contributed by atoms with Crippen molar-refractivity contribution in [2.24, 2.45) is 0 Å². The molecule has 0 aliphatic carbocycles. The van der Waals surface area contributed by atoms with Gasteiger partial charge in [-0.05, 0) is 14.1 Å². The molecule has 0 unspecified atom stereocenters. The zero-order chi connectivity index (χ0) is 28.5. The summed E-state index contributed by atoms with van der Waals surface area (Å²) in [6.07, 6.45) is -5.64. The van der Waals surface area contributed by atoms with E-state index in [1.165, 1.54) is 0 Å². The minimum absolute atomic E-state index is 0.213. The van der Waals surface area contributed by atoms with Crippen molar-refractivity contribution in [1.29, 1.82) is 0 Å². The highest BCUT2D eigenvalue weighted by atomic mass is 19.2. The van der Waals surface area contributed by atoms with Crippen LogP contribution in [0, 0.1) is 87.3 Å². The molecule has 0 fully saturated rings. The molecule has 0 atom stereocenters. The zero-order valence-corrected chi connectivity index (χ0v) is 17.7. The number of halogens is 15. The molecular weight excluding hydrogens is 550 g/mol. The Balaban J connectivity index is 2.90. The summed E-state index contributed by atoms with van der Waals surface area (Å²) < 4.78 is 216. The average molecular weight is 556 g/mol. The van der Waals surface area contributed by atoms with Crippen LogP contribution < -0.4 is 16.4 Å². The highest BCUT2D eigenvalue weighted by molar-refractivity contribution is 7.09. The molecule has 0 spiro atoms. The molecule has 17 heteroatoms. The van der Waals surface area contributed by atoms with E-state index in [0.29, 0.717) is 14.1 Å². The Morgan fingerprint density at radius 3 is 0.568 bits per heavy atom. The van der Waals surface area contributed by atoms with E-state index >= 15 is 0 Å². The molecule has 0 aliphatic heterocycles. The lowest BCUT2D eigenvalue weighted by Crippen LogP contribution is -2.80. The topological polar surface area (TPSA) is 3.24 Å². The van der Waals surface area contributed by atoms with E-state index in [1.54, 1.807) is 0 Å². The normalized spacial score (nSPS) is 12.2. The lowest BCUT2D eigenvalue weighted by atomic mass is 9.22. The first-order valence-electron chi connectivity index (χ1n) is 9.35. The third-order valence-corrected chi connectivity index (χ3v) is 5.76. The van der Waals surface area contributed by atoms with Gasteiger partial charge in [-0.3, -0.25) is 0 Å². The highest BCUT2D eigenvalue weighted by Gasteiger charge is 2.49. The molecule has 0 amide bonds. The Hall–Kier alpha value is -3.37. The smallest absolute Gasteiger partial charge is 0.200 e. The summed E-state index contributed by atoms with van der Waals surface area (Å²) in [6, 6.07) is 0. The summed E-state index contributed by atoms with van der Waals surface area (Å²) in [7, 11) is 0.627. The predicted molar refractivity (Wildman–Crippen MR) is 97.0 cm³/mol. The van der Waals surface area contributed by atoms with Crippen molar-refractivity contribution in [3.63, 3.8) is 0 Å². The summed E-state index contributed by atoms with van der Waals surface area (Å²) in [5.74, 6) is -45.4. The minimum Gasteiger partial charge on any atom is -0.468 e. The molecular formula is C20H6BF15N-. The monoisotopic (exact) mass is 556 g/mol. The van der Waals surface area contributed by atoms with E-state index in [-0.39, 0.29) is 4.81 Å². The van der Waals surface area contributed by atoms with Crippen LogP contribution in [0.1, 0.15) is 0 Å². The Morgan fingerprint density at radius 1 is 0.297 bits per heavy atom. The zero-order valence-electron chi connectivity index (χ0n) is 17.7. The van der Waals surface area contributed by atoms with Crippen LogP contribution in [0.2, 0.25) is 0 Å². The van der Waals surface area contributed by atoms with Crippen molar-refractivity contribution in [3.05, 3.63) is 87.3 Å². The summed E-state index contributed by atoms with van der Waals surface area (Å²) in [5, 5.41) is 0. The van der Waals surface area contributed by atoms with E-state index in [1.807, 2.05) is 0 Å². The lowest BCUT2D eigenvalue weighted by molar-refractivity contribution is 0.377. The minimum atomic E-state index is -5.64. The second-order valence-corrected chi connectivity index (χ2v) is 7.73. The van der Waals surface area contributed by atoms with Crippen LogP contribution >= 0.6 is 0 Å². The third kappa shape index (κ3) is 3.57. The largest absolute Gasteiger partial charge is 0.468 e. The molecule has 3 rings (SSSR count). The first-order valence-corrected chi connectivity index (χ1v) is 9.35. The van der Waals surface area contributed by atoms with Crippen molar-refractivity contribution < 1.29 is 65.9 Å². The number of hydrogen-bond acceptors (Lipinski definition) is 1. The van der Waals surface area contributed by atoms with Gasteiger partial charge in [-0.1, -0.05) is 0 Å². The first kappa shape index (κ1) is 28.2. The van der Waals surface area contributed by atoms with Gasteiger partial charge < -0.3 is 4.81 Å². The molecule has 1 nitrogen and oxygen atoms in total. The molecule has 0 aliphatic rings.